The van der Waals surface area contributed by atoms with Crippen molar-refractivity contribution >= 4 is 0 Å². The Bertz CT molecular complexity index is 189. The molecule has 2 aliphatic rings. The van der Waals surface area contributed by atoms with Crippen LogP contribution in [0.2, 0.25) is 0 Å². The zero-order valence-corrected chi connectivity index (χ0v) is 10.3. The first-order valence-corrected chi connectivity index (χ1v) is 6.70. The molecule has 0 spiro atoms. The number of likely N-dealkylation sites (tertiary alicyclic amines) is 1. The average Bonchev–Trinajstić information content (AvgIpc) is 3.01. The van der Waals surface area contributed by atoms with Crippen molar-refractivity contribution in [1.82, 2.24) is 10.2 Å². The molecular weight excluding hydrogens is 184 g/mol. The topological polar surface area (TPSA) is 15.3 Å². The quantitative estimate of drug-likeness (QED) is 0.699. The van der Waals surface area contributed by atoms with Gasteiger partial charge in [-0.25, -0.2) is 0 Å². The van der Waals surface area contributed by atoms with Crippen LogP contribution >= 0.6 is 0 Å². The van der Waals surface area contributed by atoms with Gasteiger partial charge in [-0.15, -0.1) is 0 Å². The maximum Gasteiger partial charge on any atom is 0.0110 e. The highest BCUT2D eigenvalue weighted by Gasteiger charge is 2.23. The monoisotopic (exact) mass is 210 g/mol. The van der Waals surface area contributed by atoms with E-state index in [1.807, 2.05) is 0 Å². The van der Waals surface area contributed by atoms with Gasteiger partial charge in [0.2, 0.25) is 0 Å². The predicted octanol–water partition coefficient (Wildman–Crippen LogP) is 2.11. The molecule has 2 fully saturated rings. The summed E-state index contributed by atoms with van der Waals surface area (Å²) < 4.78 is 0. The summed E-state index contributed by atoms with van der Waals surface area (Å²) in [6, 6.07) is 0.809. The number of nitrogens with zero attached hydrogens (tertiary/aromatic N) is 1. The first kappa shape index (κ1) is 11.4. The molecule has 0 aromatic carbocycles. The van der Waals surface area contributed by atoms with Crippen molar-refractivity contribution < 1.29 is 0 Å². The minimum Gasteiger partial charge on any atom is -0.315 e. The summed E-state index contributed by atoms with van der Waals surface area (Å²) in [5, 5.41) is 3.59. The normalized spacial score (nSPS) is 33.2. The molecule has 2 atom stereocenters. The van der Waals surface area contributed by atoms with E-state index in [4.69, 9.17) is 0 Å². The molecule has 1 aliphatic carbocycles. The first-order chi connectivity index (χ1) is 7.25. The Morgan fingerprint density at radius 2 is 1.93 bits per heavy atom. The molecule has 0 bridgehead atoms. The molecule has 2 rings (SSSR count). The van der Waals surface area contributed by atoms with Crippen LogP contribution in [0.3, 0.4) is 0 Å². The molecule has 0 radical (unpaired) electrons. The van der Waals surface area contributed by atoms with E-state index in [1.54, 1.807) is 0 Å². The standard InChI is InChI=1S/C13H26N2/c1-11-3-4-12(2)15(10-11)8-7-14-9-13-5-6-13/h11-14H,3-10H2,1-2H3. The van der Waals surface area contributed by atoms with Gasteiger partial charge in [0.1, 0.15) is 0 Å². The molecule has 1 heterocycles. The van der Waals surface area contributed by atoms with E-state index in [2.05, 4.69) is 24.1 Å². The van der Waals surface area contributed by atoms with Gasteiger partial charge in [0.15, 0.2) is 0 Å². The molecule has 2 nitrogen and oxygen atoms in total. The van der Waals surface area contributed by atoms with Crippen LogP contribution in [0.15, 0.2) is 0 Å². The molecule has 15 heavy (non-hydrogen) atoms. The Morgan fingerprint density at radius 3 is 2.67 bits per heavy atom. The lowest BCUT2D eigenvalue weighted by molar-refractivity contribution is 0.126. The SMILES string of the molecule is CC1CCC(C)N(CCNCC2CC2)C1. The van der Waals surface area contributed by atoms with Gasteiger partial charge in [-0.3, -0.25) is 4.90 Å². The summed E-state index contributed by atoms with van der Waals surface area (Å²) in [5.41, 5.74) is 0. The molecule has 1 N–H and O–H groups in total. The van der Waals surface area contributed by atoms with Gasteiger partial charge in [0.05, 0.1) is 0 Å². The van der Waals surface area contributed by atoms with Gasteiger partial charge >= 0.3 is 0 Å². The van der Waals surface area contributed by atoms with Crippen molar-refractivity contribution in [3.63, 3.8) is 0 Å². The van der Waals surface area contributed by atoms with Crippen LogP contribution in [-0.4, -0.2) is 37.1 Å². The molecule has 1 saturated heterocycles. The highest BCUT2D eigenvalue weighted by atomic mass is 15.2. The fraction of sp³-hybridized carbons (Fsp3) is 1.00. The van der Waals surface area contributed by atoms with Gasteiger partial charge in [-0.2, -0.15) is 0 Å². The fourth-order valence-electron chi connectivity index (χ4n) is 2.54. The van der Waals surface area contributed by atoms with Crippen molar-refractivity contribution in [2.24, 2.45) is 11.8 Å². The number of hydrogen-bond donors (Lipinski definition) is 1. The molecule has 1 saturated carbocycles. The summed E-state index contributed by atoms with van der Waals surface area (Å²) >= 11 is 0. The highest BCUT2D eigenvalue weighted by molar-refractivity contribution is 4.78. The van der Waals surface area contributed by atoms with Crippen molar-refractivity contribution in [1.29, 1.82) is 0 Å². The van der Waals surface area contributed by atoms with Gasteiger partial charge in [-0.05, 0) is 51.0 Å². The van der Waals surface area contributed by atoms with Crippen molar-refractivity contribution in [2.45, 2.75) is 45.6 Å². The van der Waals surface area contributed by atoms with Crippen LogP contribution in [0.1, 0.15) is 39.5 Å². The van der Waals surface area contributed by atoms with Gasteiger partial charge in [0.25, 0.3) is 0 Å². The molecule has 2 unspecified atom stereocenters. The largest absolute Gasteiger partial charge is 0.315 e. The maximum atomic E-state index is 3.59. The maximum absolute atomic E-state index is 3.59. The van der Waals surface area contributed by atoms with E-state index < -0.39 is 0 Å². The minimum atomic E-state index is 0.809. The van der Waals surface area contributed by atoms with Crippen LogP contribution < -0.4 is 5.32 Å². The summed E-state index contributed by atoms with van der Waals surface area (Å²) in [6.45, 7) is 9.78. The third kappa shape index (κ3) is 3.76. The Labute approximate surface area is 94.4 Å². The summed E-state index contributed by atoms with van der Waals surface area (Å²) in [6.07, 6.45) is 5.74. The predicted molar refractivity (Wildman–Crippen MR) is 65.0 cm³/mol. The van der Waals surface area contributed by atoms with Gasteiger partial charge in [0, 0.05) is 25.7 Å². The van der Waals surface area contributed by atoms with E-state index in [-0.39, 0.29) is 0 Å². The van der Waals surface area contributed by atoms with Crippen molar-refractivity contribution in [3.8, 4) is 0 Å². The zero-order valence-electron chi connectivity index (χ0n) is 10.3. The van der Waals surface area contributed by atoms with E-state index in [1.165, 1.54) is 51.9 Å². The van der Waals surface area contributed by atoms with Crippen LogP contribution in [0.5, 0.6) is 0 Å². The molecule has 2 heteroatoms. The number of piperidine rings is 1. The number of rotatable bonds is 5. The summed E-state index contributed by atoms with van der Waals surface area (Å²) in [5.74, 6) is 1.92. The van der Waals surface area contributed by atoms with Crippen LogP contribution in [0, 0.1) is 11.8 Å². The lowest BCUT2D eigenvalue weighted by Gasteiger charge is -2.36. The van der Waals surface area contributed by atoms with Crippen LogP contribution in [0.25, 0.3) is 0 Å². The Morgan fingerprint density at radius 1 is 1.13 bits per heavy atom. The molecular formula is C13H26N2. The van der Waals surface area contributed by atoms with E-state index in [0.717, 1.165) is 17.9 Å². The van der Waals surface area contributed by atoms with Crippen LogP contribution in [-0.2, 0) is 0 Å². The third-order valence-corrected chi connectivity index (χ3v) is 3.95. The summed E-state index contributed by atoms with van der Waals surface area (Å²) in [4.78, 5) is 2.66. The van der Waals surface area contributed by atoms with E-state index in [0.29, 0.717) is 0 Å². The van der Waals surface area contributed by atoms with Crippen LogP contribution in [0.4, 0.5) is 0 Å². The third-order valence-electron chi connectivity index (χ3n) is 3.95. The lowest BCUT2D eigenvalue weighted by Crippen LogP contribution is -2.44. The number of nitrogens with one attached hydrogen (secondary N) is 1. The average molecular weight is 210 g/mol. The molecule has 88 valence electrons. The van der Waals surface area contributed by atoms with Gasteiger partial charge in [-0.1, -0.05) is 6.92 Å². The zero-order chi connectivity index (χ0) is 10.7. The second-order valence-electron chi connectivity index (χ2n) is 5.67. The first-order valence-electron chi connectivity index (χ1n) is 6.70. The summed E-state index contributed by atoms with van der Waals surface area (Å²) in [7, 11) is 0. The Hall–Kier alpha value is -0.0800. The second-order valence-corrected chi connectivity index (χ2v) is 5.67. The van der Waals surface area contributed by atoms with Crippen molar-refractivity contribution in [3.05, 3.63) is 0 Å². The highest BCUT2D eigenvalue weighted by Crippen LogP contribution is 2.27. The lowest BCUT2D eigenvalue weighted by atomic mass is 9.95. The smallest absolute Gasteiger partial charge is 0.0110 e. The second kappa shape index (κ2) is 5.31. The Balaban J connectivity index is 1.58. The molecule has 0 aromatic rings. The number of hydrogen-bond acceptors (Lipinski definition) is 2. The molecule has 0 amide bonds. The van der Waals surface area contributed by atoms with E-state index in [9.17, 15) is 0 Å². The molecule has 0 aromatic heterocycles. The van der Waals surface area contributed by atoms with E-state index >= 15 is 0 Å². The minimum absolute atomic E-state index is 0.809. The van der Waals surface area contributed by atoms with Gasteiger partial charge < -0.3 is 5.32 Å². The van der Waals surface area contributed by atoms with Crippen molar-refractivity contribution in [2.75, 3.05) is 26.2 Å². The Kier molecular flexibility index (Phi) is 4.04. The fourth-order valence-corrected chi connectivity index (χ4v) is 2.54. The molecule has 1 aliphatic heterocycles.